The van der Waals surface area contributed by atoms with Gasteiger partial charge in [-0.25, -0.2) is 9.37 Å². The Morgan fingerprint density at radius 1 is 1.31 bits per heavy atom. The van der Waals surface area contributed by atoms with Crippen LogP contribution in [0, 0.1) is 17.1 Å². The van der Waals surface area contributed by atoms with Crippen molar-refractivity contribution in [1.29, 1.82) is 5.26 Å². The number of aliphatic hydroxyl groups excluding tert-OH is 1. The highest BCUT2D eigenvalue weighted by atomic mass is 19.1. The molecule has 2 aliphatic rings. The maximum absolute atomic E-state index is 14.0. The molecule has 1 saturated heterocycles. The number of fused-ring (bicyclic) bond motifs is 2. The summed E-state index contributed by atoms with van der Waals surface area (Å²) in [6.07, 6.45) is 2.60. The molecule has 0 amide bonds. The Hall–Kier alpha value is -3.52. The van der Waals surface area contributed by atoms with Crippen molar-refractivity contribution in [2.24, 2.45) is 0 Å². The van der Waals surface area contributed by atoms with Crippen LogP contribution < -0.4 is 19.5 Å². The lowest BCUT2D eigenvalue weighted by atomic mass is 10.00. The second-order valence-electron chi connectivity index (χ2n) is 8.99. The van der Waals surface area contributed by atoms with E-state index in [-0.39, 0.29) is 11.9 Å². The summed E-state index contributed by atoms with van der Waals surface area (Å²) in [5, 5.41) is 23.7. The largest absolute Gasteiger partial charge is 0.486 e. The fourth-order valence-electron chi connectivity index (χ4n) is 4.79. The fraction of sp³-hybridized carbons (Fsp3) is 0.423. The van der Waals surface area contributed by atoms with Crippen LogP contribution in [-0.2, 0) is 13.0 Å². The quantitative estimate of drug-likeness (QED) is 0.511. The average molecular weight is 494 g/mol. The lowest BCUT2D eigenvalue weighted by Crippen LogP contribution is -2.52. The van der Waals surface area contributed by atoms with Gasteiger partial charge in [0, 0.05) is 37.9 Å². The van der Waals surface area contributed by atoms with Crippen molar-refractivity contribution < 1.29 is 23.7 Å². The number of aromatic nitrogens is 2. The molecule has 0 bridgehead atoms. The van der Waals surface area contributed by atoms with Gasteiger partial charge in [0.1, 0.15) is 19.3 Å². The van der Waals surface area contributed by atoms with E-state index in [1.54, 1.807) is 12.3 Å². The second-order valence-corrected chi connectivity index (χ2v) is 8.99. The second kappa shape index (κ2) is 10.6. The van der Waals surface area contributed by atoms with Gasteiger partial charge in [0.2, 0.25) is 0 Å². The number of likely N-dealkylation sites (tertiary alicyclic amines) is 1. The summed E-state index contributed by atoms with van der Waals surface area (Å²) in [7, 11) is 1.39. The number of methoxy groups -OCH3 is 1. The number of rotatable bonds is 7. The van der Waals surface area contributed by atoms with Gasteiger partial charge in [0.05, 0.1) is 29.8 Å². The van der Waals surface area contributed by atoms with E-state index >= 15 is 0 Å². The lowest BCUT2D eigenvalue weighted by molar-refractivity contribution is 0.0404. The normalized spacial score (nSPS) is 19.7. The summed E-state index contributed by atoms with van der Waals surface area (Å²) in [6, 6.07) is 9.03. The van der Waals surface area contributed by atoms with Crippen molar-refractivity contribution in [2.45, 2.75) is 31.5 Å². The topological polar surface area (TPSA) is 113 Å². The molecule has 1 fully saturated rings. The van der Waals surface area contributed by atoms with E-state index in [1.807, 2.05) is 12.1 Å². The Labute approximate surface area is 208 Å². The summed E-state index contributed by atoms with van der Waals surface area (Å²) >= 11 is 0. The predicted molar refractivity (Wildman–Crippen MR) is 130 cm³/mol. The first-order valence-corrected chi connectivity index (χ1v) is 12.0. The highest BCUT2D eigenvalue weighted by Crippen LogP contribution is 2.35. The minimum absolute atomic E-state index is 0.0426. The summed E-state index contributed by atoms with van der Waals surface area (Å²) in [5.74, 6) is 0.513. The number of pyridine rings is 2. The Bertz CT molecular complexity index is 1300. The van der Waals surface area contributed by atoms with Crippen molar-refractivity contribution in [3.63, 3.8) is 0 Å². The van der Waals surface area contributed by atoms with E-state index in [2.05, 4.69) is 26.3 Å². The van der Waals surface area contributed by atoms with Gasteiger partial charge >= 0.3 is 0 Å². The van der Waals surface area contributed by atoms with Gasteiger partial charge < -0.3 is 29.5 Å². The van der Waals surface area contributed by atoms with Crippen molar-refractivity contribution in [3.05, 3.63) is 53.0 Å². The number of hydrogen-bond acceptors (Lipinski definition) is 9. The van der Waals surface area contributed by atoms with E-state index in [0.717, 1.165) is 30.6 Å². The van der Waals surface area contributed by atoms with Gasteiger partial charge in [0.15, 0.2) is 17.3 Å². The van der Waals surface area contributed by atoms with E-state index in [9.17, 15) is 14.8 Å². The molecular weight excluding hydrogens is 465 g/mol. The van der Waals surface area contributed by atoms with E-state index in [0.29, 0.717) is 60.8 Å². The third-order valence-electron chi connectivity index (χ3n) is 6.66. The Balaban J connectivity index is 1.17. The number of aliphatic hydroxyl groups is 1. The molecule has 9 nitrogen and oxygen atoms in total. The first kappa shape index (κ1) is 24.2. The molecule has 2 N–H and O–H groups in total. The molecule has 36 heavy (non-hydrogen) atoms. The Kier molecular flexibility index (Phi) is 7.13. The summed E-state index contributed by atoms with van der Waals surface area (Å²) in [6.45, 7) is 3.51. The number of hydrogen-bond donors (Lipinski definition) is 2. The van der Waals surface area contributed by atoms with E-state index in [1.165, 1.54) is 13.2 Å². The van der Waals surface area contributed by atoms with Crippen molar-refractivity contribution in [2.75, 3.05) is 40.0 Å². The molecule has 0 spiro atoms. The molecule has 0 aliphatic carbocycles. The summed E-state index contributed by atoms with van der Waals surface area (Å²) < 4.78 is 30.3. The fourth-order valence-corrected chi connectivity index (χ4v) is 4.79. The molecule has 0 saturated carbocycles. The van der Waals surface area contributed by atoms with Gasteiger partial charge in [-0.05, 0) is 48.7 Å². The minimum atomic E-state index is -0.535. The molecule has 0 unspecified atom stereocenters. The zero-order valence-electron chi connectivity index (χ0n) is 20.0. The molecule has 2 atom stereocenters. The van der Waals surface area contributed by atoms with Crippen LogP contribution in [0.3, 0.4) is 0 Å². The van der Waals surface area contributed by atoms with Crippen molar-refractivity contribution in [3.8, 4) is 23.4 Å². The van der Waals surface area contributed by atoms with Gasteiger partial charge in [-0.3, -0.25) is 4.98 Å². The maximum Gasteiger partial charge on any atom is 0.250 e. The number of piperidine rings is 1. The van der Waals surface area contributed by atoms with Crippen LogP contribution in [0.5, 0.6) is 17.4 Å². The molecule has 2 aromatic heterocycles. The highest BCUT2D eigenvalue weighted by molar-refractivity contribution is 5.78. The molecule has 5 rings (SSSR count). The highest BCUT2D eigenvalue weighted by Gasteiger charge is 2.27. The zero-order valence-corrected chi connectivity index (χ0v) is 20.0. The number of halogens is 1. The monoisotopic (exact) mass is 493 g/mol. The van der Waals surface area contributed by atoms with Crippen LogP contribution in [0.1, 0.15) is 23.1 Å². The number of nitrogens with one attached hydrogen (secondary N) is 1. The van der Waals surface area contributed by atoms with Crippen LogP contribution in [-0.4, -0.2) is 72.1 Å². The van der Waals surface area contributed by atoms with E-state index in [4.69, 9.17) is 14.2 Å². The van der Waals surface area contributed by atoms with Crippen LogP contribution >= 0.6 is 0 Å². The van der Waals surface area contributed by atoms with Crippen LogP contribution in [0.4, 0.5) is 4.39 Å². The SMILES string of the molecule is COc1nc2c(CCN3CC[C@H](NCc4cc(C#N)c5c(c4)OCCO5)[C@H](O)C3)ccnc2cc1F. The van der Waals surface area contributed by atoms with Crippen LogP contribution in [0.15, 0.2) is 30.5 Å². The van der Waals surface area contributed by atoms with Gasteiger partial charge in [-0.2, -0.15) is 5.26 Å². The third-order valence-corrected chi connectivity index (χ3v) is 6.66. The Morgan fingerprint density at radius 2 is 2.17 bits per heavy atom. The number of nitrogens with zero attached hydrogens (tertiary/aromatic N) is 4. The molecule has 188 valence electrons. The molecule has 3 aromatic rings. The number of nitriles is 1. The molecule has 2 aliphatic heterocycles. The van der Waals surface area contributed by atoms with Crippen LogP contribution in [0.25, 0.3) is 11.0 Å². The first-order valence-electron chi connectivity index (χ1n) is 12.0. The molecule has 0 radical (unpaired) electrons. The van der Waals surface area contributed by atoms with Gasteiger partial charge in [-0.1, -0.05) is 0 Å². The van der Waals surface area contributed by atoms with Gasteiger partial charge in [-0.15, -0.1) is 0 Å². The number of β-amino-alcohol motifs (C(OH)–C–C–N with tert-alkyl or cyclic N) is 1. The maximum atomic E-state index is 14.0. The number of ether oxygens (including phenoxy) is 3. The molecule has 10 heteroatoms. The van der Waals surface area contributed by atoms with Crippen molar-refractivity contribution >= 4 is 11.0 Å². The third kappa shape index (κ3) is 5.04. The van der Waals surface area contributed by atoms with E-state index < -0.39 is 11.9 Å². The first-order chi connectivity index (χ1) is 17.6. The smallest absolute Gasteiger partial charge is 0.250 e. The molecular formula is C26H28FN5O4. The van der Waals surface area contributed by atoms with Crippen molar-refractivity contribution in [1.82, 2.24) is 20.2 Å². The molecule has 4 heterocycles. The average Bonchev–Trinajstić information content (AvgIpc) is 2.90. The summed E-state index contributed by atoms with van der Waals surface area (Å²) in [5.41, 5.74) is 3.45. The number of benzene rings is 1. The standard InChI is InChI=1S/C26H28FN5O4/c1-34-26-19(27)12-21-24(31-26)17(2-5-29-21)3-6-32-7-4-20(22(33)15-32)30-14-16-10-18(13-28)25-23(11-16)35-8-9-36-25/h2,5,10-12,20,22,30,33H,3-4,6-9,14-15H2,1H3/t20-,22+/m0/s1. The summed E-state index contributed by atoms with van der Waals surface area (Å²) in [4.78, 5) is 10.7. The zero-order chi connectivity index (χ0) is 25.1. The predicted octanol–water partition coefficient (Wildman–Crippen LogP) is 2.19. The Morgan fingerprint density at radius 3 is 2.97 bits per heavy atom. The van der Waals surface area contributed by atoms with Crippen LogP contribution in [0.2, 0.25) is 0 Å². The van der Waals surface area contributed by atoms with Gasteiger partial charge in [0.25, 0.3) is 5.88 Å². The lowest BCUT2D eigenvalue weighted by Gasteiger charge is -2.36. The minimum Gasteiger partial charge on any atom is -0.486 e. The molecule has 1 aromatic carbocycles.